The van der Waals surface area contributed by atoms with Crippen LogP contribution in [0.2, 0.25) is 0 Å². The third-order valence-electron chi connectivity index (χ3n) is 2.75. The Morgan fingerprint density at radius 3 is 2.35 bits per heavy atom. The van der Waals surface area contributed by atoms with E-state index in [0.29, 0.717) is 12.4 Å². The van der Waals surface area contributed by atoms with E-state index in [4.69, 9.17) is 5.73 Å². The van der Waals surface area contributed by atoms with Gasteiger partial charge in [-0.3, -0.25) is 4.99 Å². The monoisotopic (exact) mass is 224 g/mol. The van der Waals surface area contributed by atoms with Gasteiger partial charge in [-0.15, -0.1) is 0 Å². The molecule has 2 N–H and O–H groups in total. The zero-order chi connectivity index (χ0) is 12.1. The first-order valence-corrected chi connectivity index (χ1v) is 5.67. The van der Waals surface area contributed by atoms with Crippen LogP contribution in [-0.4, -0.2) is 5.84 Å². The molecule has 0 fully saturated rings. The van der Waals surface area contributed by atoms with Gasteiger partial charge in [-0.25, -0.2) is 0 Å². The Bertz CT molecular complexity index is 515. The molecule has 0 aliphatic rings. The Morgan fingerprint density at radius 2 is 1.65 bits per heavy atom. The molecule has 2 rings (SSSR count). The summed E-state index contributed by atoms with van der Waals surface area (Å²) >= 11 is 0. The molecule has 2 aromatic rings. The van der Waals surface area contributed by atoms with Crippen molar-refractivity contribution < 1.29 is 0 Å². The molecule has 2 nitrogen and oxygen atoms in total. The van der Waals surface area contributed by atoms with Gasteiger partial charge in [0.2, 0.25) is 0 Å². The number of nitrogens with two attached hydrogens (primary N) is 1. The van der Waals surface area contributed by atoms with E-state index in [1.165, 1.54) is 11.1 Å². The lowest BCUT2D eigenvalue weighted by molar-refractivity contribution is 1.04. The van der Waals surface area contributed by atoms with E-state index in [1.54, 1.807) is 0 Å². The predicted molar refractivity (Wildman–Crippen MR) is 72.0 cm³/mol. The minimum atomic E-state index is 0.592. The smallest absolute Gasteiger partial charge is 0.125 e. The van der Waals surface area contributed by atoms with Gasteiger partial charge in [-0.2, -0.15) is 0 Å². The van der Waals surface area contributed by atoms with Gasteiger partial charge in [0.1, 0.15) is 5.84 Å². The van der Waals surface area contributed by atoms with Crippen LogP contribution in [0.5, 0.6) is 0 Å². The van der Waals surface area contributed by atoms with Crippen LogP contribution in [0.15, 0.2) is 59.6 Å². The van der Waals surface area contributed by atoms with Crippen molar-refractivity contribution in [3.8, 4) is 0 Å². The number of hydrogen-bond acceptors (Lipinski definition) is 1. The minimum Gasteiger partial charge on any atom is -0.383 e. The molecule has 0 amide bonds. The maximum atomic E-state index is 5.94. The molecule has 86 valence electrons. The van der Waals surface area contributed by atoms with Crippen molar-refractivity contribution in [2.24, 2.45) is 10.7 Å². The summed E-state index contributed by atoms with van der Waals surface area (Å²) in [7, 11) is 0. The van der Waals surface area contributed by atoms with Crippen LogP contribution in [0.3, 0.4) is 0 Å². The summed E-state index contributed by atoms with van der Waals surface area (Å²) in [5.41, 5.74) is 9.38. The Balaban J connectivity index is 2.14. The first kappa shape index (κ1) is 11.4. The molecule has 17 heavy (non-hydrogen) atoms. The van der Waals surface area contributed by atoms with Gasteiger partial charge in [-0.05, 0) is 18.1 Å². The van der Waals surface area contributed by atoms with E-state index < -0.39 is 0 Å². The Kier molecular flexibility index (Phi) is 3.55. The van der Waals surface area contributed by atoms with Gasteiger partial charge in [0.05, 0.1) is 6.54 Å². The van der Waals surface area contributed by atoms with Crippen molar-refractivity contribution in [1.82, 2.24) is 0 Å². The van der Waals surface area contributed by atoms with Crippen LogP contribution in [-0.2, 0) is 6.54 Å². The highest BCUT2D eigenvalue weighted by Crippen LogP contribution is 2.08. The largest absolute Gasteiger partial charge is 0.383 e. The van der Waals surface area contributed by atoms with E-state index in [2.05, 4.69) is 24.0 Å². The van der Waals surface area contributed by atoms with Crippen LogP contribution >= 0.6 is 0 Å². The van der Waals surface area contributed by atoms with Crippen LogP contribution in [0.4, 0.5) is 0 Å². The fraction of sp³-hybridized carbons (Fsp3) is 0.133. The molecular weight excluding hydrogens is 208 g/mol. The lowest BCUT2D eigenvalue weighted by Gasteiger charge is -2.03. The average molecular weight is 224 g/mol. The van der Waals surface area contributed by atoms with Crippen molar-refractivity contribution in [2.45, 2.75) is 13.5 Å². The molecule has 2 aromatic carbocycles. The summed E-state index contributed by atoms with van der Waals surface area (Å²) in [4.78, 5) is 4.42. The number of rotatable bonds is 3. The van der Waals surface area contributed by atoms with Crippen molar-refractivity contribution in [1.29, 1.82) is 0 Å². The highest BCUT2D eigenvalue weighted by molar-refractivity contribution is 5.97. The summed E-state index contributed by atoms with van der Waals surface area (Å²) in [5.74, 6) is 0.592. The molecule has 0 saturated heterocycles. The summed E-state index contributed by atoms with van der Waals surface area (Å²) in [5, 5.41) is 0. The summed E-state index contributed by atoms with van der Waals surface area (Å²) in [6.07, 6.45) is 0. The first-order valence-electron chi connectivity index (χ1n) is 5.67. The zero-order valence-corrected chi connectivity index (χ0v) is 9.93. The van der Waals surface area contributed by atoms with Gasteiger partial charge in [0, 0.05) is 5.56 Å². The lowest BCUT2D eigenvalue weighted by Crippen LogP contribution is -2.13. The highest BCUT2D eigenvalue weighted by Gasteiger charge is 1.98. The third-order valence-corrected chi connectivity index (χ3v) is 2.75. The van der Waals surface area contributed by atoms with Crippen LogP contribution < -0.4 is 5.73 Å². The molecule has 0 aromatic heterocycles. The maximum Gasteiger partial charge on any atom is 0.125 e. The van der Waals surface area contributed by atoms with E-state index >= 15 is 0 Å². The first-order chi connectivity index (χ1) is 8.27. The highest BCUT2D eigenvalue weighted by atomic mass is 14.8. The van der Waals surface area contributed by atoms with Crippen molar-refractivity contribution in [3.63, 3.8) is 0 Å². The Labute approximate surface area is 102 Å². The van der Waals surface area contributed by atoms with E-state index in [1.807, 2.05) is 42.5 Å². The van der Waals surface area contributed by atoms with Crippen LogP contribution in [0.25, 0.3) is 0 Å². The number of hydrogen-bond donors (Lipinski definition) is 1. The van der Waals surface area contributed by atoms with Gasteiger partial charge in [-0.1, -0.05) is 54.6 Å². The lowest BCUT2D eigenvalue weighted by atomic mass is 10.1. The second kappa shape index (κ2) is 5.30. The second-order valence-electron chi connectivity index (χ2n) is 3.99. The molecule has 0 bridgehead atoms. The maximum absolute atomic E-state index is 5.94. The molecule has 0 spiro atoms. The van der Waals surface area contributed by atoms with Gasteiger partial charge in [0.25, 0.3) is 0 Å². The molecule has 2 heteroatoms. The Morgan fingerprint density at radius 1 is 1.00 bits per heavy atom. The normalized spacial score (nSPS) is 11.5. The molecule has 0 radical (unpaired) electrons. The number of amidine groups is 1. The Hall–Kier alpha value is -2.09. The quantitative estimate of drug-likeness (QED) is 0.632. The third kappa shape index (κ3) is 2.94. The van der Waals surface area contributed by atoms with E-state index in [0.717, 1.165) is 5.56 Å². The summed E-state index contributed by atoms with van der Waals surface area (Å²) < 4.78 is 0. The van der Waals surface area contributed by atoms with Gasteiger partial charge < -0.3 is 5.73 Å². The standard InChI is InChI=1S/C15H16N2/c1-12-7-5-6-10-14(12)11-17-15(16)13-8-3-2-4-9-13/h2-10H,11H2,1H3,(H2,16,17). The zero-order valence-electron chi connectivity index (χ0n) is 9.93. The van der Waals surface area contributed by atoms with Gasteiger partial charge >= 0.3 is 0 Å². The molecule has 0 aliphatic carbocycles. The minimum absolute atomic E-state index is 0.592. The fourth-order valence-electron chi connectivity index (χ4n) is 1.66. The molecule has 0 unspecified atom stereocenters. The summed E-state index contributed by atoms with van der Waals surface area (Å²) in [6.45, 7) is 2.72. The van der Waals surface area contributed by atoms with Crippen molar-refractivity contribution in [2.75, 3.05) is 0 Å². The van der Waals surface area contributed by atoms with Crippen LogP contribution in [0.1, 0.15) is 16.7 Å². The topological polar surface area (TPSA) is 38.4 Å². The SMILES string of the molecule is Cc1ccccc1CN=C(N)c1ccccc1. The van der Waals surface area contributed by atoms with Gasteiger partial charge in [0.15, 0.2) is 0 Å². The number of aryl methyl sites for hydroxylation is 1. The number of benzene rings is 2. The predicted octanol–water partition coefficient (Wildman–Crippen LogP) is 2.90. The second-order valence-corrected chi connectivity index (χ2v) is 3.99. The number of aliphatic imine (C=N–C) groups is 1. The molecular formula is C15H16N2. The summed E-state index contributed by atoms with van der Waals surface area (Å²) in [6, 6.07) is 18.1. The number of nitrogens with zero attached hydrogens (tertiary/aromatic N) is 1. The molecule has 0 heterocycles. The molecule has 0 saturated carbocycles. The van der Waals surface area contributed by atoms with E-state index in [9.17, 15) is 0 Å². The van der Waals surface area contributed by atoms with Crippen LogP contribution in [0, 0.1) is 6.92 Å². The fourth-order valence-corrected chi connectivity index (χ4v) is 1.66. The molecule has 0 atom stereocenters. The van der Waals surface area contributed by atoms with Crippen molar-refractivity contribution >= 4 is 5.84 Å². The average Bonchev–Trinajstić information content (AvgIpc) is 2.38. The van der Waals surface area contributed by atoms with E-state index in [-0.39, 0.29) is 0 Å². The molecule has 0 aliphatic heterocycles. The van der Waals surface area contributed by atoms with Crippen molar-refractivity contribution in [3.05, 3.63) is 71.3 Å².